The second kappa shape index (κ2) is 11.2. The SMILES string of the molecule is CON(C)C(=O)/C=C1/C(=O)N2C(C(=O)OC(c3ccccc3)c3ccccc3)=C(COC(C)=O)CS(=O)(=O)[C@H]12. The Labute approximate surface area is 225 Å². The molecule has 1 fully saturated rings. The van der Waals surface area contributed by atoms with Gasteiger partial charge in [0.1, 0.15) is 12.3 Å². The quantitative estimate of drug-likeness (QED) is 0.207. The van der Waals surface area contributed by atoms with Crippen LogP contribution in [0.15, 0.2) is 83.6 Å². The van der Waals surface area contributed by atoms with Crippen LogP contribution in [0.4, 0.5) is 0 Å². The Balaban J connectivity index is 1.77. The van der Waals surface area contributed by atoms with Crippen molar-refractivity contribution < 1.29 is 41.9 Å². The van der Waals surface area contributed by atoms with Gasteiger partial charge in [0.05, 0.1) is 18.4 Å². The van der Waals surface area contributed by atoms with E-state index in [0.29, 0.717) is 11.1 Å². The van der Waals surface area contributed by atoms with Gasteiger partial charge in [-0.25, -0.2) is 18.3 Å². The standard InChI is InChI=1S/C27H26N2O9S/c1-17(30)37-15-20-16-39(34,35)26-21(14-22(31)28(2)36-3)25(32)29(26)23(20)27(33)38-24(18-10-6-4-7-11-18)19-12-8-5-9-13-19/h4-14,24,26H,15-16H2,1-3H3/b21-14-/t26-/m1/s1. The molecule has 0 spiro atoms. The Hall–Kier alpha value is -4.29. The number of esters is 2. The van der Waals surface area contributed by atoms with Crippen molar-refractivity contribution in [2.24, 2.45) is 0 Å². The van der Waals surface area contributed by atoms with E-state index < -0.39 is 57.4 Å². The number of hydroxylamine groups is 2. The summed E-state index contributed by atoms with van der Waals surface area (Å²) in [6.07, 6.45) is -0.0240. The molecule has 0 radical (unpaired) electrons. The average molecular weight is 555 g/mol. The highest BCUT2D eigenvalue weighted by Crippen LogP contribution is 2.41. The Morgan fingerprint density at radius 1 is 1.05 bits per heavy atom. The molecule has 204 valence electrons. The summed E-state index contributed by atoms with van der Waals surface area (Å²) in [5.74, 6) is -4.01. The van der Waals surface area contributed by atoms with Crippen molar-refractivity contribution >= 4 is 33.6 Å². The van der Waals surface area contributed by atoms with Gasteiger partial charge in [0.15, 0.2) is 21.3 Å². The Morgan fingerprint density at radius 2 is 1.62 bits per heavy atom. The zero-order valence-corrected chi connectivity index (χ0v) is 22.2. The van der Waals surface area contributed by atoms with Crippen LogP contribution < -0.4 is 0 Å². The van der Waals surface area contributed by atoms with Gasteiger partial charge < -0.3 is 9.47 Å². The third kappa shape index (κ3) is 5.61. The first-order valence-corrected chi connectivity index (χ1v) is 13.5. The van der Waals surface area contributed by atoms with Crippen molar-refractivity contribution in [2.75, 3.05) is 26.5 Å². The lowest BCUT2D eigenvalue weighted by atomic mass is 10.00. The van der Waals surface area contributed by atoms with Crippen LogP contribution in [-0.4, -0.2) is 74.0 Å². The average Bonchev–Trinajstić information content (AvgIpc) is 2.92. The van der Waals surface area contributed by atoms with E-state index in [1.165, 1.54) is 14.2 Å². The summed E-state index contributed by atoms with van der Waals surface area (Å²) in [5, 5.41) is -0.769. The predicted octanol–water partition coefficient (Wildman–Crippen LogP) is 1.68. The van der Waals surface area contributed by atoms with Gasteiger partial charge in [0, 0.05) is 25.6 Å². The van der Waals surface area contributed by atoms with E-state index in [2.05, 4.69) is 0 Å². The molecule has 1 atom stereocenters. The van der Waals surface area contributed by atoms with Gasteiger partial charge in [0.2, 0.25) is 0 Å². The number of fused-ring (bicyclic) bond motifs is 1. The number of hydrogen-bond donors (Lipinski definition) is 0. The summed E-state index contributed by atoms with van der Waals surface area (Å²) in [5.41, 5.74) is 0.510. The van der Waals surface area contributed by atoms with Gasteiger partial charge in [-0.15, -0.1) is 0 Å². The number of hydrogen-bond acceptors (Lipinski definition) is 9. The number of sulfone groups is 1. The van der Waals surface area contributed by atoms with E-state index in [9.17, 15) is 27.6 Å². The molecular weight excluding hydrogens is 528 g/mol. The van der Waals surface area contributed by atoms with Gasteiger partial charge in [-0.2, -0.15) is 0 Å². The molecule has 4 rings (SSSR count). The maximum absolute atomic E-state index is 13.7. The number of amides is 2. The third-order valence-corrected chi connectivity index (χ3v) is 8.09. The zero-order chi connectivity index (χ0) is 28.3. The minimum absolute atomic E-state index is 0.112. The first-order valence-electron chi connectivity index (χ1n) is 11.8. The summed E-state index contributed by atoms with van der Waals surface area (Å²) < 4.78 is 37.3. The maximum Gasteiger partial charge on any atom is 0.356 e. The van der Waals surface area contributed by atoms with Crippen molar-refractivity contribution in [1.29, 1.82) is 0 Å². The van der Waals surface area contributed by atoms with Gasteiger partial charge in [0.25, 0.3) is 11.8 Å². The molecule has 0 bridgehead atoms. The largest absolute Gasteiger partial charge is 0.461 e. The first kappa shape index (κ1) is 27.7. The zero-order valence-electron chi connectivity index (χ0n) is 21.4. The highest BCUT2D eigenvalue weighted by Gasteiger charge is 2.57. The minimum Gasteiger partial charge on any atom is -0.461 e. The topological polar surface area (TPSA) is 137 Å². The first-order chi connectivity index (χ1) is 18.5. The highest BCUT2D eigenvalue weighted by molar-refractivity contribution is 7.92. The number of rotatable bonds is 8. The molecule has 39 heavy (non-hydrogen) atoms. The molecule has 12 heteroatoms. The van der Waals surface area contributed by atoms with Crippen LogP contribution in [0.25, 0.3) is 0 Å². The minimum atomic E-state index is -4.11. The molecule has 0 aliphatic carbocycles. The van der Waals surface area contributed by atoms with E-state index in [-0.39, 0.29) is 16.8 Å². The number of β-lactam (4-membered cyclic amide) rings is 1. The summed E-state index contributed by atoms with van der Waals surface area (Å²) in [6, 6.07) is 17.8. The highest BCUT2D eigenvalue weighted by atomic mass is 32.2. The number of nitrogens with zero attached hydrogens (tertiary/aromatic N) is 2. The molecule has 2 heterocycles. The van der Waals surface area contributed by atoms with Crippen molar-refractivity contribution in [3.05, 3.63) is 94.7 Å². The molecule has 0 saturated carbocycles. The fourth-order valence-corrected chi connectivity index (χ4v) is 6.23. The third-order valence-electron chi connectivity index (χ3n) is 6.19. The van der Waals surface area contributed by atoms with Crippen LogP contribution in [0.2, 0.25) is 0 Å². The van der Waals surface area contributed by atoms with E-state index >= 15 is 0 Å². The smallest absolute Gasteiger partial charge is 0.356 e. The monoisotopic (exact) mass is 554 g/mol. The Morgan fingerprint density at radius 3 is 2.13 bits per heavy atom. The molecule has 11 nitrogen and oxygen atoms in total. The van der Waals surface area contributed by atoms with Crippen molar-refractivity contribution in [3.63, 3.8) is 0 Å². The van der Waals surface area contributed by atoms with Crippen LogP contribution >= 0.6 is 0 Å². The van der Waals surface area contributed by atoms with Crippen molar-refractivity contribution in [2.45, 2.75) is 18.4 Å². The summed E-state index contributed by atoms with van der Waals surface area (Å²) in [4.78, 5) is 56.3. The van der Waals surface area contributed by atoms with Crippen LogP contribution in [0, 0.1) is 0 Å². The van der Waals surface area contributed by atoms with Crippen molar-refractivity contribution in [1.82, 2.24) is 9.96 Å². The summed E-state index contributed by atoms with van der Waals surface area (Å²) >= 11 is 0. The molecule has 0 unspecified atom stereocenters. The number of carbonyl (C=O) groups excluding carboxylic acids is 4. The summed E-state index contributed by atoms with van der Waals surface area (Å²) in [7, 11) is -1.58. The number of ether oxygens (including phenoxy) is 2. The molecular formula is C27H26N2O9S. The lowest BCUT2D eigenvalue weighted by Gasteiger charge is -2.45. The lowest BCUT2D eigenvalue weighted by Crippen LogP contribution is -2.63. The molecule has 2 aliphatic rings. The van der Waals surface area contributed by atoms with Crippen LogP contribution in [0.3, 0.4) is 0 Å². The van der Waals surface area contributed by atoms with Crippen LogP contribution in [0.1, 0.15) is 24.2 Å². The Bertz CT molecular complexity index is 1430. The van der Waals surface area contributed by atoms with Gasteiger partial charge >= 0.3 is 11.9 Å². The number of likely N-dealkylation sites (N-methyl/N-ethyl adjacent to an activating group) is 1. The van der Waals surface area contributed by atoms with Crippen LogP contribution in [0.5, 0.6) is 0 Å². The molecule has 2 amide bonds. The lowest BCUT2D eigenvalue weighted by molar-refractivity contribution is -0.163. The Kier molecular flexibility index (Phi) is 7.98. The van der Waals surface area contributed by atoms with Gasteiger partial charge in [-0.1, -0.05) is 60.7 Å². The van der Waals surface area contributed by atoms with Gasteiger partial charge in [-0.05, 0) is 11.1 Å². The van der Waals surface area contributed by atoms with E-state index in [1.807, 2.05) is 0 Å². The maximum atomic E-state index is 13.7. The van der Waals surface area contributed by atoms with E-state index in [4.69, 9.17) is 14.3 Å². The molecule has 1 saturated heterocycles. The van der Waals surface area contributed by atoms with E-state index in [1.54, 1.807) is 60.7 Å². The number of carbonyl (C=O) groups is 4. The molecule has 2 aromatic rings. The fourth-order valence-electron chi connectivity index (χ4n) is 4.29. The van der Waals surface area contributed by atoms with Crippen LogP contribution in [-0.2, 0) is 43.3 Å². The molecule has 2 aliphatic heterocycles. The molecule has 2 aromatic carbocycles. The second-order valence-corrected chi connectivity index (χ2v) is 10.9. The summed E-state index contributed by atoms with van der Waals surface area (Å²) in [6.45, 7) is 0.592. The van der Waals surface area contributed by atoms with Crippen molar-refractivity contribution in [3.8, 4) is 0 Å². The fraction of sp³-hybridized carbons (Fsp3) is 0.259. The molecule has 0 N–H and O–H groups in total. The number of benzene rings is 2. The normalized spacial score (nSPS) is 18.9. The molecule has 0 aromatic heterocycles. The second-order valence-electron chi connectivity index (χ2n) is 8.79. The van der Waals surface area contributed by atoms with Gasteiger partial charge in [-0.3, -0.25) is 24.1 Å². The van der Waals surface area contributed by atoms with E-state index in [0.717, 1.165) is 23.0 Å². The predicted molar refractivity (Wildman–Crippen MR) is 137 cm³/mol.